The average molecular weight is 587 g/mol. The fourth-order valence-electron chi connectivity index (χ4n) is 3.75. The van der Waals surface area contributed by atoms with Crippen LogP contribution in [0.15, 0.2) is 12.1 Å². The van der Waals surface area contributed by atoms with Gasteiger partial charge in [0, 0.05) is 6.61 Å². The van der Waals surface area contributed by atoms with Crippen molar-refractivity contribution in [2.45, 2.75) is 138 Å². The molecule has 0 fully saturated rings. The van der Waals surface area contributed by atoms with Crippen LogP contribution < -0.4 is 4.52 Å². The Hall–Kier alpha value is -1.18. The molecule has 0 aliphatic heterocycles. The van der Waals surface area contributed by atoms with Gasteiger partial charge in [0.15, 0.2) is 8.32 Å². The van der Waals surface area contributed by atoms with Crippen LogP contribution >= 0.6 is 7.82 Å². The van der Waals surface area contributed by atoms with E-state index in [2.05, 4.69) is 40.8 Å². The first kappa shape index (κ1) is 35.8. The Morgan fingerprint density at radius 3 is 1.95 bits per heavy atom. The highest BCUT2D eigenvalue weighted by atomic mass is 31.2. The molecule has 226 valence electrons. The summed E-state index contributed by atoms with van der Waals surface area (Å²) in [5, 5.41) is 0.142. The highest BCUT2D eigenvalue weighted by Crippen LogP contribution is 2.53. The fourth-order valence-corrected chi connectivity index (χ4v) is 6.38. The van der Waals surface area contributed by atoms with Gasteiger partial charge in [-0.2, -0.15) is 0 Å². The van der Waals surface area contributed by atoms with E-state index < -0.39 is 21.7 Å². The molecular weight excluding hydrogens is 531 g/mol. The van der Waals surface area contributed by atoms with Crippen molar-refractivity contribution in [3.63, 3.8) is 0 Å². The predicted octanol–water partition coefficient (Wildman–Crippen LogP) is 8.81. The smallest absolute Gasteiger partial charge is 0.460 e. The predicted molar refractivity (Wildman–Crippen MR) is 162 cm³/mol. The van der Waals surface area contributed by atoms with Gasteiger partial charge in [0.1, 0.15) is 11.4 Å². The van der Waals surface area contributed by atoms with E-state index in [9.17, 15) is 9.36 Å². The molecule has 0 amide bonds. The van der Waals surface area contributed by atoms with E-state index in [0.29, 0.717) is 18.8 Å². The zero-order valence-corrected chi connectivity index (χ0v) is 28.9. The second kappa shape index (κ2) is 14.1. The number of aryl methyl sites for hydroxylation is 1. The minimum Gasteiger partial charge on any atom is -0.460 e. The first-order valence-corrected chi connectivity index (χ1v) is 18.5. The normalized spacial score (nSPS) is 14.2. The van der Waals surface area contributed by atoms with Gasteiger partial charge in [0.25, 0.3) is 0 Å². The van der Waals surface area contributed by atoms with Crippen molar-refractivity contribution >= 4 is 22.1 Å². The number of carbonyl (C=O) groups is 1. The number of phosphoric ester groups is 1. The summed E-state index contributed by atoms with van der Waals surface area (Å²) in [6.45, 7) is 28.6. The maximum absolute atomic E-state index is 13.7. The Morgan fingerprint density at radius 1 is 0.949 bits per heavy atom. The van der Waals surface area contributed by atoms with Crippen molar-refractivity contribution in [3.05, 3.63) is 28.8 Å². The molecule has 1 rings (SSSR count). The van der Waals surface area contributed by atoms with E-state index in [4.69, 9.17) is 22.7 Å². The molecule has 0 saturated heterocycles. The van der Waals surface area contributed by atoms with Crippen LogP contribution in [0.25, 0.3) is 0 Å². The Kier molecular flexibility index (Phi) is 13.0. The second-order valence-corrected chi connectivity index (χ2v) is 20.0. The number of rotatable bonds is 14. The van der Waals surface area contributed by atoms with Crippen molar-refractivity contribution in [2.24, 2.45) is 5.92 Å². The number of ether oxygens (including phenoxy) is 1. The van der Waals surface area contributed by atoms with Crippen LogP contribution in [-0.4, -0.2) is 38.7 Å². The van der Waals surface area contributed by atoms with E-state index in [1.807, 2.05) is 39.8 Å². The fraction of sp³-hybridized carbons (Fsp3) is 0.767. The zero-order valence-electron chi connectivity index (χ0n) is 27.0. The molecular formula is C30H55O7PSi. The molecule has 1 atom stereocenters. The molecule has 0 radical (unpaired) electrons. The van der Waals surface area contributed by atoms with E-state index in [1.54, 1.807) is 27.7 Å². The lowest BCUT2D eigenvalue weighted by Crippen LogP contribution is -2.41. The third kappa shape index (κ3) is 12.9. The maximum atomic E-state index is 13.7. The molecule has 1 aromatic rings. The van der Waals surface area contributed by atoms with E-state index in [0.717, 1.165) is 23.1 Å². The summed E-state index contributed by atoms with van der Waals surface area (Å²) in [6.07, 6.45) is 0.802. The van der Waals surface area contributed by atoms with Gasteiger partial charge in [0.05, 0.1) is 18.6 Å². The minimum absolute atomic E-state index is 0.0816. The quantitative estimate of drug-likeness (QED) is 0.122. The third-order valence-electron chi connectivity index (χ3n) is 6.52. The summed E-state index contributed by atoms with van der Waals surface area (Å²) in [6, 6.07) is 3.81. The molecule has 0 heterocycles. The molecule has 0 aromatic heterocycles. The van der Waals surface area contributed by atoms with Gasteiger partial charge in [0.2, 0.25) is 0 Å². The number of phosphoric acid groups is 1. The Labute approximate surface area is 239 Å². The van der Waals surface area contributed by atoms with Crippen LogP contribution in [-0.2, 0) is 40.4 Å². The van der Waals surface area contributed by atoms with Crippen LogP contribution in [0.2, 0.25) is 18.1 Å². The molecule has 0 aliphatic rings. The molecule has 0 aliphatic carbocycles. The highest BCUT2D eigenvalue weighted by molar-refractivity contribution is 7.49. The molecule has 1 unspecified atom stereocenters. The molecule has 39 heavy (non-hydrogen) atoms. The summed E-state index contributed by atoms with van der Waals surface area (Å²) in [5.74, 6) is 0.304. The first-order chi connectivity index (χ1) is 17.5. The van der Waals surface area contributed by atoms with Crippen molar-refractivity contribution < 1.29 is 32.1 Å². The van der Waals surface area contributed by atoms with E-state index in [-0.39, 0.29) is 35.6 Å². The van der Waals surface area contributed by atoms with Crippen molar-refractivity contribution in [2.75, 3.05) is 6.61 Å². The lowest BCUT2D eigenvalue weighted by atomic mass is 9.91. The van der Waals surface area contributed by atoms with E-state index in [1.165, 1.54) is 0 Å². The van der Waals surface area contributed by atoms with E-state index >= 15 is 0 Å². The van der Waals surface area contributed by atoms with Gasteiger partial charge in [-0.1, -0.05) is 33.8 Å². The SMILES string of the molecule is Cc1cc(CC(=O)OC(C)(C)C)c(CC(C)CCO[Si](C)(C)C(C)(C)C)c(OP(=O)(OC(C)C)OC(C)C)c1. The number of esters is 1. The highest BCUT2D eigenvalue weighted by Gasteiger charge is 2.37. The Morgan fingerprint density at radius 2 is 1.49 bits per heavy atom. The molecule has 0 saturated carbocycles. The Bertz CT molecular complexity index is 976. The van der Waals surface area contributed by atoms with Gasteiger partial charge in [-0.05, 0) is 115 Å². The van der Waals surface area contributed by atoms with Gasteiger partial charge in [-0.3, -0.25) is 13.8 Å². The summed E-state index contributed by atoms with van der Waals surface area (Å²) in [5.41, 5.74) is 1.88. The summed E-state index contributed by atoms with van der Waals surface area (Å²) in [7, 11) is -5.79. The van der Waals surface area contributed by atoms with Gasteiger partial charge in [-0.25, -0.2) is 4.57 Å². The van der Waals surface area contributed by atoms with Crippen molar-refractivity contribution in [3.8, 4) is 5.75 Å². The first-order valence-electron chi connectivity index (χ1n) is 14.2. The third-order valence-corrected chi connectivity index (χ3v) is 12.8. The van der Waals surface area contributed by atoms with Gasteiger partial charge < -0.3 is 13.7 Å². The molecule has 0 spiro atoms. The molecule has 7 nitrogen and oxygen atoms in total. The van der Waals surface area contributed by atoms with Crippen LogP contribution in [0.4, 0.5) is 0 Å². The lowest BCUT2D eigenvalue weighted by molar-refractivity contribution is -0.153. The zero-order chi connectivity index (χ0) is 30.4. The second-order valence-electron chi connectivity index (χ2n) is 13.7. The molecule has 9 heteroatoms. The maximum Gasteiger partial charge on any atom is 0.530 e. The number of hydrogen-bond acceptors (Lipinski definition) is 7. The lowest BCUT2D eigenvalue weighted by Gasteiger charge is -2.36. The number of benzene rings is 1. The molecule has 0 N–H and O–H groups in total. The van der Waals surface area contributed by atoms with Crippen molar-refractivity contribution in [1.82, 2.24) is 0 Å². The largest absolute Gasteiger partial charge is 0.530 e. The van der Waals surface area contributed by atoms with Crippen molar-refractivity contribution in [1.29, 1.82) is 0 Å². The summed E-state index contributed by atoms with van der Waals surface area (Å²) >= 11 is 0. The Balaban J connectivity index is 3.39. The summed E-state index contributed by atoms with van der Waals surface area (Å²) in [4.78, 5) is 12.9. The summed E-state index contributed by atoms with van der Waals surface area (Å²) < 4.78 is 43.2. The van der Waals surface area contributed by atoms with Gasteiger partial charge >= 0.3 is 13.8 Å². The standard InChI is InChI=1S/C30H55O7PSi/c1-21(2)35-38(32,36-22(3)4)37-27-19-24(6)17-25(20-28(31)34-29(7,8)9)26(27)18-23(5)15-16-33-39(13,14)30(10,11)12/h17,19,21-23H,15-16,18,20H2,1-14H3. The monoisotopic (exact) mass is 586 g/mol. The van der Waals surface area contributed by atoms with Crippen LogP contribution in [0.3, 0.4) is 0 Å². The topological polar surface area (TPSA) is 80.3 Å². The van der Waals surface area contributed by atoms with Gasteiger partial charge in [-0.15, -0.1) is 0 Å². The molecule has 0 bridgehead atoms. The van der Waals surface area contributed by atoms with Crippen LogP contribution in [0.1, 0.15) is 99.3 Å². The number of hydrogen-bond donors (Lipinski definition) is 0. The average Bonchev–Trinajstić information content (AvgIpc) is 2.66. The minimum atomic E-state index is -3.93. The van der Waals surface area contributed by atoms with Crippen LogP contribution in [0.5, 0.6) is 5.75 Å². The number of carbonyl (C=O) groups excluding carboxylic acids is 1. The van der Waals surface area contributed by atoms with Crippen LogP contribution in [0, 0.1) is 12.8 Å². The molecule has 1 aromatic carbocycles.